The molecule has 0 radical (unpaired) electrons. The number of aliphatic imine (C=N–C) groups is 1. The lowest BCUT2D eigenvalue weighted by atomic mass is 10.2. The molecule has 1 aliphatic rings. The molecule has 0 atom stereocenters. The summed E-state index contributed by atoms with van der Waals surface area (Å²) >= 11 is 5.92. The zero-order valence-corrected chi connectivity index (χ0v) is 15.6. The van der Waals surface area contributed by atoms with E-state index in [0.29, 0.717) is 36.2 Å². The van der Waals surface area contributed by atoms with E-state index in [1.54, 1.807) is 24.3 Å². The van der Waals surface area contributed by atoms with Gasteiger partial charge in [0.05, 0.1) is 23.9 Å². The van der Waals surface area contributed by atoms with Gasteiger partial charge in [-0.25, -0.2) is 4.99 Å². The van der Waals surface area contributed by atoms with Crippen LogP contribution in [0.5, 0.6) is 5.75 Å². The number of hydrogen-bond donors (Lipinski definition) is 1. The molecule has 0 fully saturated rings. The van der Waals surface area contributed by atoms with Gasteiger partial charge in [0.25, 0.3) is 0 Å². The first-order valence-corrected chi connectivity index (χ1v) is 8.73. The van der Waals surface area contributed by atoms with Crippen molar-refractivity contribution in [2.75, 3.05) is 20.4 Å². The summed E-state index contributed by atoms with van der Waals surface area (Å²) in [5.74, 6) is 1.37. The summed E-state index contributed by atoms with van der Waals surface area (Å²) in [6.45, 7) is 1.54. The van der Waals surface area contributed by atoms with Crippen LogP contribution in [0.3, 0.4) is 0 Å². The third-order valence-electron chi connectivity index (χ3n) is 3.93. The second-order valence-electron chi connectivity index (χ2n) is 5.95. The van der Waals surface area contributed by atoms with Crippen LogP contribution < -0.4 is 10.1 Å². The second-order valence-corrected chi connectivity index (χ2v) is 6.38. The topological polar surface area (TPSA) is 69.9 Å². The van der Waals surface area contributed by atoms with Gasteiger partial charge in [-0.05, 0) is 42.0 Å². The van der Waals surface area contributed by atoms with Gasteiger partial charge in [0.1, 0.15) is 12.5 Å². The van der Waals surface area contributed by atoms with Crippen LogP contribution >= 0.6 is 11.6 Å². The fraction of sp³-hybridized carbons (Fsp3) is 0.200. The van der Waals surface area contributed by atoms with Gasteiger partial charge in [-0.15, -0.1) is 0 Å². The highest BCUT2D eigenvalue weighted by Gasteiger charge is 2.17. The summed E-state index contributed by atoms with van der Waals surface area (Å²) in [6.07, 6.45) is 1.39. The molecule has 0 aromatic heterocycles. The maximum atomic E-state index is 8.83. The first-order chi connectivity index (χ1) is 13.2. The molecule has 0 amide bonds. The van der Waals surface area contributed by atoms with Crippen molar-refractivity contribution in [3.05, 3.63) is 76.2 Å². The molecular weight excluding hydrogens is 364 g/mol. The van der Waals surface area contributed by atoms with Gasteiger partial charge in [0.15, 0.2) is 12.2 Å². The largest absolute Gasteiger partial charge is 0.446 e. The highest BCUT2D eigenvalue weighted by atomic mass is 35.5. The zero-order chi connectivity index (χ0) is 19.1. The number of nitrogens with one attached hydrogen (secondary N) is 1. The molecule has 0 unspecified atom stereocenters. The molecule has 0 saturated carbocycles. The lowest BCUT2D eigenvalue weighted by molar-refractivity contribution is 0.0494. The standard InChI is InChI=1S/C20H19ClN4O2/c1-25-14-26-12-19(23-11-16-2-6-17(21)7-3-16)20(25)24-13-27-18-8-4-15(10-22)5-9-18/h2-9,13,23H,11-12,14H2,1H3/b24-13+. The van der Waals surface area contributed by atoms with Crippen molar-refractivity contribution in [3.8, 4) is 11.8 Å². The number of benzene rings is 2. The monoisotopic (exact) mass is 382 g/mol. The van der Waals surface area contributed by atoms with E-state index >= 15 is 0 Å². The van der Waals surface area contributed by atoms with Gasteiger partial charge in [-0.2, -0.15) is 5.26 Å². The molecule has 0 spiro atoms. The Bertz CT molecular complexity index is 870. The molecule has 7 heteroatoms. The fourth-order valence-electron chi connectivity index (χ4n) is 2.50. The van der Waals surface area contributed by atoms with Crippen molar-refractivity contribution in [2.24, 2.45) is 4.99 Å². The second kappa shape index (κ2) is 9.08. The van der Waals surface area contributed by atoms with E-state index in [4.69, 9.17) is 26.3 Å². The van der Waals surface area contributed by atoms with Gasteiger partial charge in [0.2, 0.25) is 0 Å². The minimum atomic E-state index is 0.446. The summed E-state index contributed by atoms with van der Waals surface area (Å²) in [6, 6.07) is 16.6. The Morgan fingerprint density at radius 2 is 2.00 bits per heavy atom. The maximum Gasteiger partial charge on any atom is 0.183 e. The molecule has 27 heavy (non-hydrogen) atoms. The van der Waals surface area contributed by atoms with Crippen molar-refractivity contribution in [3.63, 3.8) is 0 Å². The Balaban J connectivity index is 1.67. The molecule has 1 heterocycles. The molecule has 0 aliphatic carbocycles. The van der Waals surface area contributed by atoms with Crippen molar-refractivity contribution in [1.82, 2.24) is 10.2 Å². The fourth-order valence-corrected chi connectivity index (χ4v) is 2.63. The molecule has 2 aromatic carbocycles. The molecule has 3 rings (SSSR count). The predicted molar refractivity (Wildman–Crippen MR) is 104 cm³/mol. The van der Waals surface area contributed by atoms with Gasteiger partial charge >= 0.3 is 0 Å². The number of ether oxygens (including phenoxy) is 2. The molecular formula is C20H19ClN4O2. The first-order valence-electron chi connectivity index (χ1n) is 8.35. The molecule has 6 nitrogen and oxygen atoms in total. The average molecular weight is 383 g/mol. The zero-order valence-electron chi connectivity index (χ0n) is 14.9. The maximum absolute atomic E-state index is 8.83. The van der Waals surface area contributed by atoms with Crippen LogP contribution in [0.25, 0.3) is 0 Å². The van der Waals surface area contributed by atoms with Crippen LogP contribution in [0.4, 0.5) is 0 Å². The normalized spacial score (nSPS) is 14.3. The van der Waals surface area contributed by atoms with E-state index in [9.17, 15) is 0 Å². The average Bonchev–Trinajstić information content (AvgIpc) is 2.69. The van der Waals surface area contributed by atoms with Crippen LogP contribution in [0.15, 0.2) is 65.0 Å². The van der Waals surface area contributed by atoms with Gasteiger partial charge in [-0.3, -0.25) is 0 Å². The minimum absolute atomic E-state index is 0.446. The Morgan fingerprint density at radius 3 is 2.70 bits per heavy atom. The Hall–Kier alpha value is -3.01. The predicted octanol–water partition coefficient (Wildman–Crippen LogP) is 3.50. The van der Waals surface area contributed by atoms with Crippen LogP contribution in [0, 0.1) is 11.3 Å². The molecule has 2 aromatic rings. The molecule has 0 bridgehead atoms. The van der Waals surface area contributed by atoms with E-state index in [-0.39, 0.29) is 0 Å². The summed E-state index contributed by atoms with van der Waals surface area (Å²) in [7, 11) is 1.90. The van der Waals surface area contributed by atoms with Crippen LogP contribution in [-0.4, -0.2) is 31.7 Å². The number of hydrogen-bond acceptors (Lipinski definition) is 6. The lowest BCUT2D eigenvalue weighted by Gasteiger charge is -2.28. The summed E-state index contributed by atoms with van der Waals surface area (Å²) < 4.78 is 11.1. The van der Waals surface area contributed by atoms with Crippen LogP contribution in [0.2, 0.25) is 5.02 Å². The van der Waals surface area contributed by atoms with Crippen LogP contribution in [-0.2, 0) is 11.3 Å². The van der Waals surface area contributed by atoms with Gasteiger partial charge in [0, 0.05) is 18.6 Å². The SMILES string of the molecule is CN1COCC(NCc2ccc(Cl)cc2)=C1/N=C/Oc1ccc(C#N)cc1. The smallest absolute Gasteiger partial charge is 0.183 e. The van der Waals surface area contributed by atoms with Gasteiger partial charge in [-0.1, -0.05) is 23.7 Å². The third kappa shape index (κ3) is 5.23. The highest BCUT2D eigenvalue weighted by Crippen LogP contribution is 2.16. The van der Waals surface area contributed by atoms with E-state index in [1.165, 1.54) is 6.40 Å². The van der Waals surface area contributed by atoms with Crippen molar-refractivity contribution >= 4 is 18.0 Å². The molecule has 1 N–H and O–H groups in total. The number of rotatable bonds is 6. The quantitative estimate of drug-likeness (QED) is 0.611. The van der Waals surface area contributed by atoms with Crippen molar-refractivity contribution in [2.45, 2.75) is 6.54 Å². The number of nitriles is 1. The third-order valence-corrected chi connectivity index (χ3v) is 4.18. The van der Waals surface area contributed by atoms with E-state index in [0.717, 1.165) is 17.1 Å². The molecule has 138 valence electrons. The number of nitrogens with zero attached hydrogens (tertiary/aromatic N) is 3. The van der Waals surface area contributed by atoms with E-state index in [1.807, 2.05) is 36.2 Å². The van der Waals surface area contributed by atoms with E-state index < -0.39 is 0 Å². The van der Waals surface area contributed by atoms with Crippen molar-refractivity contribution < 1.29 is 9.47 Å². The Kier molecular flexibility index (Phi) is 6.31. The van der Waals surface area contributed by atoms with Gasteiger partial charge < -0.3 is 19.7 Å². The lowest BCUT2D eigenvalue weighted by Crippen LogP contribution is -2.33. The number of halogens is 1. The first kappa shape index (κ1) is 18.8. The Morgan fingerprint density at radius 1 is 1.26 bits per heavy atom. The molecule has 0 saturated heterocycles. The summed E-state index contributed by atoms with van der Waals surface area (Å²) in [4.78, 5) is 6.33. The van der Waals surface area contributed by atoms with Crippen molar-refractivity contribution in [1.29, 1.82) is 5.26 Å². The summed E-state index contributed by atoms with van der Waals surface area (Å²) in [5.41, 5.74) is 2.57. The van der Waals surface area contributed by atoms with E-state index in [2.05, 4.69) is 16.4 Å². The minimum Gasteiger partial charge on any atom is -0.446 e. The molecule has 1 aliphatic heterocycles. The summed E-state index contributed by atoms with van der Waals surface area (Å²) in [5, 5.41) is 12.9. The Labute approximate surface area is 163 Å². The highest BCUT2D eigenvalue weighted by molar-refractivity contribution is 6.30. The van der Waals surface area contributed by atoms with Crippen LogP contribution in [0.1, 0.15) is 11.1 Å².